The summed E-state index contributed by atoms with van der Waals surface area (Å²) in [6.45, 7) is 0.411. The maximum atomic E-state index is 13.1. The third kappa shape index (κ3) is 4.26. The number of benzene rings is 2. The topological polar surface area (TPSA) is 87.1 Å². The molecule has 2 amide bonds. The van der Waals surface area contributed by atoms with Crippen molar-refractivity contribution in [1.29, 1.82) is 0 Å². The van der Waals surface area contributed by atoms with Crippen LogP contribution in [0.1, 0.15) is 30.0 Å². The van der Waals surface area contributed by atoms with Crippen LogP contribution in [0, 0.1) is 5.92 Å². The van der Waals surface area contributed by atoms with Crippen molar-refractivity contribution in [2.45, 2.75) is 31.3 Å². The van der Waals surface area contributed by atoms with Crippen molar-refractivity contribution in [1.82, 2.24) is 9.80 Å². The van der Waals surface area contributed by atoms with E-state index < -0.39 is 5.92 Å². The molecule has 2 heterocycles. The maximum Gasteiger partial charge on any atom is 0.311 e. The molecular formula is C24H26N2O5. The van der Waals surface area contributed by atoms with Crippen molar-refractivity contribution in [2.75, 3.05) is 20.2 Å². The van der Waals surface area contributed by atoms with Crippen molar-refractivity contribution < 1.29 is 24.2 Å². The number of hydrogen-bond acceptors (Lipinski definition) is 5. The molecule has 2 fully saturated rings. The van der Waals surface area contributed by atoms with Crippen LogP contribution in [0.3, 0.4) is 0 Å². The summed E-state index contributed by atoms with van der Waals surface area (Å²) in [5.74, 6) is -0.877. The monoisotopic (exact) mass is 422 g/mol. The van der Waals surface area contributed by atoms with Gasteiger partial charge in [0, 0.05) is 13.0 Å². The van der Waals surface area contributed by atoms with Crippen molar-refractivity contribution in [3.05, 3.63) is 65.7 Å². The molecule has 0 unspecified atom stereocenters. The van der Waals surface area contributed by atoms with E-state index in [4.69, 9.17) is 4.74 Å². The van der Waals surface area contributed by atoms with Gasteiger partial charge in [-0.2, -0.15) is 0 Å². The normalized spacial score (nSPS) is 22.9. The molecule has 0 aromatic heterocycles. The molecule has 4 rings (SSSR count). The smallest absolute Gasteiger partial charge is 0.311 e. The largest absolute Gasteiger partial charge is 0.508 e. The first-order valence-electron chi connectivity index (χ1n) is 10.5. The van der Waals surface area contributed by atoms with Crippen LogP contribution in [-0.4, -0.2) is 58.9 Å². The van der Waals surface area contributed by atoms with E-state index in [0.29, 0.717) is 19.4 Å². The summed E-state index contributed by atoms with van der Waals surface area (Å²) in [5.41, 5.74) is 1.77. The summed E-state index contributed by atoms with van der Waals surface area (Å²) in [6.07, 6.45) is 1.21. The molecule has 7 nitrogen and oxygen atoms in total. The number of ether oxygens (including phenoxy) is 1. The highest BCUT2D eigenvalue weighted by molar-refractivity contribution is 5.88. The molecule has 7 heteroatoms. The second-order valence-corrected chi connectivity index (χ2v) is 8.12. The summed E-state index contributed by atoms with van der Waals surface area (Å²) < 4.78 is 5.02. The Morgan fingerprint density at radius 2 is 1.90 bits per heavy atom. The van der Waals surface area contributed by atoms with Gasteiger partial charge in [-0.05, 0) is 36.1 Å². The highest BCUT2D eigenvalue weighted by atomic mass is 16.5. The lowest BCUT2D eigenvalue weighted by Crippen LogP contribution is -2.55. The van der Waals surface area contributed by atoms with Gasteiger partial charge < -0.3 is 19.6 Å². The number of methoxy groups -OCH3 is 1. The van der Waals surface area contributed by atoms with Crippen LogP contribution in [0.2, 0.25) is 0 Å². The Balaban J connectivity index is 1.49. The van der Waals surface area contributed by atoms with Crippen LogP contribution < -0.4 is 0 Å². The van der Waals surface area contributed by atoms with Crippen LogP contribution in [-0.2, 0) is 25.5 Å². The zero-order valence-corrected chi connectivity index (χ0v) is 17.4. The van der Waals surface area contributed by atoms with Crippen LogP contribution in [0.15, 0.2) is 54.6 Å². The first-order chi connectivity index (χ1) is 15.0. The Labute approximate surface area is 181 Å². The average Bonchev–Trinajstić information content (AvgIpc) is 3.17. The Morgan fingerprint density at radius 1 is 1.13 bits per heavy atom. The number of carbonyl (C=O) groups excluding carboxylic acids is 3. The summed E-state index contributed by atoms with van der Waals surface area (Å²) in [4.78, 5) is 41.8. The SMILES string of the molecule is COC(=O)[C@H]1C[C@H]2CN(C(=O)CCc3cccc(O)c3)CC(=O)N2[C@H]1c1ccccc1. The Kier molecular flexibility index (Phi) is 5.93. The summed E-state index contributed by atoms with van der Waals surface area (Å²) in [6, 6.07) is 15.7. The van der Waals surface area contributed by atoms with E-state index >= 15 is 0 Å². The molecule has 31 heavy (non-hydrogen) atoms. The Hall–Kier alpha value is -3.35. The quantitative estimate of drug-likeness (QED) is 0.747. The van der Waals surface area contributed by atoms with Gasteiger partial charge in [0.25, 0.3) is 0 Å². The lowest BCUT2D eigenvalue weighted by Gasteiger charge is -2.40. The number of phenolic OH excluding ortho intramolecular Hbond substituents is 1. The number of amides is 2. The fourth-order valence-electron chi connectivity index (χ4n) is 4.77. The molecule has 2 aliphatic rings. The van der Waals surface area contributed by atoms with E-state index in [2.05, 4.69) is 0 Å². The molecule has 1 N–H and O–H groups in total. The van der Waals surface area contributed by atoms with Crippen molar-refractivity contribution >= 4 is 17.8 Å². The number of rotatable bonds is 5. The minimum Gasteiger partial charge on any atom is -0.508 e. The molecule has 162 valence electrons. The third-order valence-corrected chi connectivity index (χ3v) is 6.18. The number of phenols is 1. The lowest BCUT2D eigenvalue weighted by molar-refractivity contribution is -0.150. The van der Waals surface area contributed by atoms with Gasteiger partial charge in [-0.1, -0.05) is 42.5 Å². The molecule has 2 saturated heterocycles. The van der Waals surface area contributed by atoms with E-state index in [0.717, 1.165) is 11.1 Å². The molecule has 0 radical (unpaired) electrons. The van der Waals surface area contributed by atoms with E-state index in [1.165, 1.54) is 7.11 Å². The van der Waals surface area contributed by atoms with Gasteiger partial charge in [0.05, 0.1) is 31.7 Å². The second-order valence-electron chi connectivity index (χ2n) is 8.12. The average molecular weight is 422 g/mol. The molecule has 0 spiro atoms. The first kappa shape index (κ1) is 20.9. The van der Waals surface area contributed by atoms with Gasteiger partial charge in [0.1, 0.15) is 5.75 Å². The third-order valence-electron chi connectivity index (χ3n) is 6.18. The molecule has 0 saturated carbocycles. The number of hydrogen-bond donors (Lipinski definition) is 1. The fraction of sp³-hybridized carbons (Fsp3) is 0.375. The summed E-state index contributed by atoms with van der Waals surface area (Å²) in [5, 5.41) is 9.59. The number of esters is 1. The number of fused-ring (bicyclic) bond motifs is 1. The lowest BCUT2D eigenvalue weighted by atomic mass is 9.93. The van der Waals surface area contributed by atoms with E-state index in [1.807, 2.05) is 36.4 Å². The van der Waals surface area contributed by atoms with E-state index in [1.54, 1.807) is 28.0 Å². The standard InChI is InChI=1S/C24H26N2O5/c1-31-24(30)20-13-18-14-25(21(28)11-10-16-6-5-9-19(27)12-16)15-22(29)26(18)23(20)17-7-3-2-4-8-17/h2-9,12,18,20,23,27H,10-11,13-15H2,1H3/t18-,20-,23-/m0/s1. The zero-order chi connectivity index (χ0) is 22.0. The summed E-state index contributed by atoms with van der Waals surface area (Å²) >= 11 is 0. The number of aromatic hydroxyl groups is 1. The predicted octanol–water partition coefficient (Wildman–Crippen LogP) is 2.30. The molecule has 2 aromatic carbocycles. The molecule has 0 bridgehead atoms. The van der Waals surface area contributed by atoms with Crippen LogP contribution in [0.5, 0.6) is 5.75 Å². The minimum absolute atomic E-state index is 0.00655. The minimum atomic E-state index is -0.455. The van der Waals surface area contributed by atoms with Gasteiger partial charge in [0.2, 0.25) is 11.8 Å². The molecule has 2 aliphatic heterocycles. The van der Waals surface area contributed by atoms with E-state index in [9.17, 15) is 19.5 Å². The van der Waals surface area contributed by atoms with Gasteiger partial charge in [-0.25, -0.2) is 0 Å². The van der Waals surface area contributed by atoms with Gasteiger partial charge in [0.15, 0.2) is 0 Å². The second kappa shape index (κ2) is 8.79. The number of nitrogens with zero attached hydrogens (tertiary/aromatic N) is 2. The molecule has 2 aromatic rings. The zero-order valence-electron chi connectivity index (χ0n) is 17.4. The molecule has 3 atom stereocenters. The molecular weight excluding hydrogens is 396 g/mol. The fourth-order valence-corrected chi connectivity index (χ4v) is 4.77. The van der Waals surface area contributed by atoms with Crippen LogP contribution in [0.4, 0.5) is 0 Å². The Morgan fingerprint density at radius 3 is 2.61 bits per heavy atom. The van der Waals surface area contributed by atoms with Crippen molar-refractivity contribution in [2.24, 2.45) is 5.92 Å². The van der Waals surface area contributed by atoms with Gasteiger partial charge in [-0.15, -0.1) is 0 Å². The maximum absolute atomic E-state index is 13.1. The number of carbonyl (C=O) groups is 3. The van der Waals surface area contributed by atoms with Crippen molar-refractivity contribution in [3.8, 4) is 5.75 Å². The number of piperazine rings is 1. The summed E-state index contributed by atoms with van der Waals surface area (Å²) in [7, 11) is 1.36. The van der Waals surface area contributed by atoms with Crippen LogP contribution >= 0.6 is 0 Å². The first-order valence-corrected chi connectivity index (χ1v) is 10.5. The van der Waals surface area contributed by atoms with E-state index in [-0.39, 0.29) is 48.6 Å². The molecule has 0 aliphatic carbocycles. The van der Waals surface area contributed by atoms with Crippen LogP contribution in [0.25, 0.3) is 0 Å². The van der Waals surface area contributed by atoms with Gasteiger partial charge >= 0.3 is 5.97 Å². The predicted molar refractivity (Wildman–Crippen MR) is 113 cm³/mol. The number of aryl methyl sites for hydroxylation is 1. The van der Waals surface area contributed by atoms with Crippen molar-refractivity contribution in [3.63, 3.8) is 0 Å². The highest BCUT2D eigenvalue weighted by Crippen LogP contribution is 2.43. The Bertz CT molecular complexity index is 977. The van der Waals surface area contributed by atoms with Gasteiger partial charge in [-0.3, -0.25) is 14.4 Å². The highest BCUT2D eigenvalue weighted by Gasteiger charge is 2.51.